The third-order valence-electron chi connectivity index (χ3n) is 2.48. The molecule has 8 heteroatoms. The van der Waals surface area contributed by atoms with Gasteiger partial charge in [-0.25, -0.2) is 13.1 Å². The minimum Gasteiger partial charge on any atom is -0.388 e. The lowest BCUT2D eigenvalue weighted by Gasteiger charge is -2.02. The summed E-state index contributed by atoms with van der Waals surface area (Å²) in [6.45, 7) is 1.98. The topological polar surface area (TPSA) is 92.4 Å². The molecule has 2 N–H and O–H groups in total. The van der Waals surface area contributed by atoms with Gasteiger partial charge in [0.15, 0.2) is 0 Å². The van der Waals surface area contributed by atoms with Crippen LogP contribution in [0.5, 0.6) is 0 Å². The third-order valence-corrected chi connectivity index (χ3v) is 5.20. The van der Waals surface area contributed by atoms with Crippen LogP contribution in [0.2, 0.25) is 0 Å². The van der Waals surface area contributed by atoms with E-state index in [2.05, 4.69) is 14.4 Å². The zero-order valence-electron chi connectivity index (χ0n) is 10.2. The van der Waals surface area contributed by atoms with Crippen molar-refractivity contribution in [3.8, 4) is 0 Å². The number of thiophene rings is 1. The lowest BCUT2D eigenvalue weighted by atomic mass is 10.3. The lowest BCUT2D eigenvalue weighted by molar-refractivity contribution is 0.203. The van der Waals surface area contributed by atoms with Crippen molar-refractivity contribution in [1.29, 1.82) is 0 Å². The molecule has 0 aliphatic rings. The highest BCUT2D eigenvalue weighted by molar-refractivity contribution is 7.89. The first kappa shape index (κ1) is 14.2. The maximum absolute atomic E-state index is 11.7. The number of sulfonamides is 1. The Hall–Kier alpha value is -1.22. The highest BCUT2D eigenvalue weighted by atomic mass is 32.2. The molecule has 0 aromatic carbocycles. The van der Waals surface area contributed by atoms with Gasteiger partial charge in [0.05, 0.1) is 12.3 Å². The second kappa shape index (κ2) is 5.83. The fourth-order valence-electron chi connectivity index (χ4n) is 1.47. The van der Waals surface area contributed by atoms with Crippen LogP contribution in [-0.2, 0) is 16.4 Å². The first-order valence-electron chi connectivity index (χ1n) is 5.65. The molecular weight excluding hydrogens is 288 g/mol. The van der Waals surface area contributed by atoms with E-state index in [0.717, 1.165) is 22.2 Å². The van der Waals surface area contributed by atoms with Crippen molar-refractivity contribution in [2.75, 3.05) is 6.54 Å². The number of rotatable bonds is 6. The monoisotopic (exact) mass is 302 g/mol. The average Bonchev–Trinajstić information content (AvgIpc) is 3.00. The smallest absolute Gasteiger partial charge is 0.245 e. The summed E-state index contributed by atoms with van der Waals surface area (Å²) in [6.07, 6.45) is 2.31. The van der Waals surface area contributed by atoms with E-state index in [1.165, 1.54) is 11.3 Å². The predicted octanol–water partition coefficient (Wildman–Crippen LogP) is 1.31. The van der Waals surface area contributed by atoms with Gasteiger partial charge in [0, 0.05) is 16.3 Å². The summed E-state index contributed by atoms with van der Waals surface area (Å²) in [5.41, 5.74) is 0. The number of hydrogen-bond donors (Lipinski definition) is 2. The Kier molecular flexibility index (Phi) is 4.35. The minimum atomic E-state index is -3.55. The van der Waals surface area contributed by atoms with Crippen molar-refractivity contribution in [2.45, 2.75) is 24.3 Å². The van der Waals surface area contributed by atoms with Gasteiger partial charge in [0.1, 0.15) is 11.2 Å². The third kappa shape index (κ3) is 3.63. The SMILES string of the molecule is CC(O)c1ccc(CCNS(=O)(=O)c2cnoc2)s1. The van der Waals surface area contributed by atoms with Gasteiger partial charge in [0.25, 0.3) is 0 Å². The van der Waals surface area contributed by atoms with Crippen LogP contribution in [0.4, 0.5) is 0 Å². The minimum absolute atomic E-state index is 0.0170. The van der Waals surface area contributed by atoms with Crippen LogP contribution in [-0.4, -0.2) is 25.2 Å². The number of nitrogens with one attached hydrogen (secondary N) is 1. The molecular formula is C11H14N2O4S2. The van der Waals surface area contributed by atoms with Gasteiger partial charge in [-0.3, -0.25) is 0 Å². The quantitative estimate of drug-likeness (QED) is 0.839. The normalized spacial score (nSPS) is 13.6. The van der Waals surface area contributed by atoms with E-state index >= 15 is 0 Å². The van der Waals surface area contributed by atoms with Crippen molar-refractivity contribution < 1.29 is 18.0 Å². The molecule has 2 aromatic heterocycles. The molecule has 2 aromatic rings. The van der Waals surface area contributed by atoms with Crippen LogP contribution in [0.1, 0.15) is 22.8 Å². The summed E-state index contributed by atoms with van der Waals surface area (Å²) >= 11 is 1.47. The van der Waals surface area contributed by atoms with Gasteiger partial charge in [-0.15, -0.1) is 11.3 Å². The maximum Gasteiger partial charge on any atom is 0.245 e. The number of aliphatic hydroxyl groups is 1. The molecule has 0 saturated carbocycles. The zero-order valence-corrected chi connectivity index (χ0v) is 11.9. The predicted molar refractivity (Wildman–Crippen MR) is 70.3 cm³/mol. The molecule has 19 heavy (non-hydrogen) atoms. The summed E-state index contributed by atoms with van der Waals surface area (Å²) in [4.78, 5) is 1.91. The fraction of sp³-hybridized carbons (Fsp3) is 0.364. The Labute approximate surface area is 115 Å². The van der Waals surface area contributed by atoms with Crippen molar-refractivity contribution in [3.05, 3.63) is 34.3 Å². The van der Waals surface area contributed by atoms with Crippen molar-refractivity contribution in [3.63, 3.8) is 0 Å². The molecule has 2 rings (SSSR count). The van der Waals surface area contributed by atoms with E-state index in [9.17, 15) is 13.5 Å². The summed E-state index contributed by atoms with van der Waals surface area (Å²) in [6, 6.07) is 3.74. The number of aromatic nitrogens is 1. The molecule has 1 atom stereocenters. The Bertz CT molecular complexity index is 617. The summed E-state index contributed by atoms with van der Waals surface area (Å²) in [5, 5.41) is 12.8. The molecule has 104 valence electrons. The van der Waals surface area contributed by atoms with Crippen LogP contribution >= 0.6 is 11.3 Å². The summed E-state index contributed by atoms with van der Waals surface area (Å²) in [5.74, 6) is 0. The maximum atomic E-state index is 11.7. The molecule has 0 bridgehead atoms. The van der Waals surface area contributed by atoms with Crippen molar-refractivity contribution in [2.24, 2.45) is 0 Å². The Morgan fingerprint density at radius 3 is 2.89 bits per heavy atom. The molecule has 2 heterocycles. The fourth-order valence-corrected chi connectivity index (χ4v) is 3.31. The van der Waals surface area contributed by atoms with Crippen LogP contribution in [0, 0.1) is 0 Å². The van der Waals surface area contributed by atoms with E-state index in [4.69, 9.17) is 0 Å². The molecule has 0 radical (unpaired) electrons. The molecule has 1 unspecified atom stereocenters. The van der Waals surface area contributed by atoms with Gasteiger partial charge in [-0.1, -0.05) is 5.16 Å². The van der Waals surface area contributed by atoms with Crippen LogP contribution in [0.3, 0.4) is 0 Å². The highest BCUT2D eigenvalue weighted by Gasteiger charge is 2.15. The Balaban J connectivity index is 1.90. The van der Waals surface area contributed by atoms with Gasteiger partial charge >= 0.3 is 0 Å². The van der Waals surface area contributed by atoms with Gasteiger partial charge in [-0.05, 0) is 25.5 Å². The molecule has 0 spiro atoms. The van der Waals surface area contributed by atoms with Crippen molar-refractivity contribution in [1.82, 2.24) is 9.88 Å². The number of nitrogens with zero attached hydrogens (tertiary/aromatic N) is 1. The van der Waals surface area contributed by atoms with Crippen molar-refractivity contribution >= 4 is 21.4 Å². The second-order valence-electron chi connectivity index (χ2n) is 3.99. The summed E-state index contributed by atoms with van der Waals surface area (Å²) < 4.78 is 30.5. The van der Waals surface area contributed by atoms with E-state index in [0.29, 0.717) is 6.42 Å². The van der Waals surface area contributed by atoms with Gasteiger partial charge < -0.3 is 9.63 Å². The summed E-state index contributed by atoms with van der Waals surface area (Å²) in [7, 11) is -3.55. The highest BCUT2D eigenvalue weighted by Crippen LogP contribution is 2.23. The van der Waals surface area contributed by atoms with E-state index in [1.807, 2.05) is 12.1 Å². The Morgan fingerprint density at radius 1 is 1.53 bits per heavy atom. The second-order valence-corrected chi connectivity index (χ2v) is 6.95. The first-order chi connectivity index (χ1) is 8.99. The molecule has 0 amide bonds. The van der Waals surface area contributed by atoms with Crippen LogP contribution in [0.15, 0.2) is 34.0 Å². The lowest BCUT2D eigenvalue weighted by Crippen LogP contribution is -2.25. The van der Waals surface area contributed by atoms with E-state index in [1.54, 1.807) is 6.92 Å². The Morgan fingerprint density at radius 2 is 2.32 bits per heavy atom. The molecule has 6 nitrogen and oxygen atoms in total. The number of aliphatic hydroxyl groups excluding tert-OH is 1. The molecule has 0 aliphatic carbocycles. The first-order valence-corrected chi connectivity index (χ1v) is 7.95. The van der Waals surface area contributed by atoms with Crippen LogP contribution < -0.4 is 4.72 Å². The standard InChI is InChI=1S/C11H14N2O4S2/c1-8(14)11-3-2-9(18-11)4-5-13-19(15,16)10-6-12-17-7-10/h2-3,6-8,13-14H,4-5H2,1H3. The largest absolute Gasteiger partial charge is 0.388 e. The van der Waals surface area contributed by atoms with Gasteiger partial charge in [-0.2, -0.15) is 0 Å². The van der Waals surface area contributed by atoms with E-state index in [-0.39, 0.29) is 11.4 Å². The molecule has 0 aliphatic heterocycles. The molecule has 0 saturated heterocycles. The average molecular weight is 302 g/mol. The van der Waals surface area contributed by atoms with E-state index < -0.39 is 16.1 Å². The zero-order chi connectivity index (χ0) is 13.9. The molecule has 0 fully saturated rings. The van der Waals surface area contributed by atoms with Gasteiger partial charge in [0.2, 0.25) is 10.0 Å². The number of hydrogen-bond acceptors (Lipinski definition) is 6. The van der Waals surface area contributed by atoms with Crippen LogP contribution in [0.25, 0.3) is 0 Å².